The summed E-state index contributed by atoms with van der Waals surface area (Å²) in [7, 11) is 1.57. The molecule has 0 saturated carbocycles. The summed E-state index contributed by atoms with van der Waals surface area (Å²) < 4.78 is 11.4. The highest BCUT2D eigenvalue weighted by molar-refractivity contribution is 6.38. The minimum Gasteiger partial charge on any atom is -0.486 e. The number of oxazole rings is 1. The molecule has 0 fully saturated rings. The van der Waals surface area contributed by atoms with Gasteiger partial charge in [0.2, 0.25) is 11.8 Å². The highest BCUT2D eigenvalue weighted by Crippen LogP contribution is 2.35. The first-order valence-corrected chi connectivity index (χ1v) is 9.50. The summed E-state index contributed by atoms with van der Waals surface area (Å²) in [5.41, 5.74) is 2.22. The van der Waals surface area contributed by atoms with E-state index in [0.717, 1.165) is 0 Å². The third-order valence-electron chi connectivity index (χ3n) is 4.25. The molecule has 29 heavy (non-hydrogen) atoms. The van der Waals surface area contributed by atoms with Crippen LogP contribution in [0.5, 0.6) is 5.75 Å². The maximum absolute atomic E-state index is 12.3. The highest BCUT2D eigenvalue weighted by Gasteiger charge is 2.19. The molecular formula is C20H19Cl2N3O4. The Bertz CT molecular complexity index is 1080. The fourth-order valence-electron chi connectivity index (χ4n) is 2.73. The summed E-state index contributed by atoms with van der Waals surface area (Å²) in [4.78, 5) is 29.0. The summed E-state index contributed by atoms with van der Waals surface area (Å²) in [6.45, 7) is 3.04. The van der Waals surface area contributed by atoms with Crippen LogP contribution in [0.1, 0.15) is 18.4 Å². The van der Waals surface area contributed by atoms with Crippen molar-refractivity contribution < 1.29 is 18.7 Å². The third kappa shape index (κ3) is 4.63. The van der Waals surface area contributed by atoms with E-state index in [9.17, 15) is 9.59 Å². The number of para-hydroxylation sites is 1. The monoisotopic (exact) mass is 435 g/mol. The molecule has 0 aliphatic rings. The molecule has 1 N–H and O–H groups in total. The summed E-state index contributed by atoms with van der Waals surface area (Å²) in [5, 5.41) is 3.17. The number of rotatable bonds is 6. The summed E-state index contributed by atoms with van der Waals surface area (Å²) in [6, 6.07) is 8.67. The van der Waals surface area contributed by atoms with E-state index in [4.69, 9.17) is 32.4 Å². The molecule has 2 amide bonds. The molecule has 3 rings (SSSR count). The Morgan fingerprint density at radius 2 is 2.00 bits per heavy atom. The Morgan fingerprint density at radius 3 is 2.72 bits per heavy atom. The number of nitrogens with one attached hydrogen (secondary N) is 1. The number of ether oxygens (including phenoxy) is 1. The zero-order valence-electron chi connectivity index (χ0n) is 16.1. The normalized spacial score (nSPS) is 10.8. The molecule has 2 aromatic carbocycles. The highest BCUT2D eigenvalue weighted by atomic mass is 35.5. The first kappa shape index (κ1) is 21.0. The van der Waals surface area contributed by atoms with Gasteiger partial charge in [-0.3, -0.25) is 9.59 Å². The molecule has 0 unspecified atom stereocenters. The molecule has 1 aromatic heterocycles. The maximum atomic E-state index is 12.3. The van der Waals surface area contributed by atoms with E-state index in [-0.39, 0.29) is 25.0 Å². The van der Waals surface area contributed by atoms with Crippen LogP contribution in [0.3, 0.4) is 0 Å². The molecule has 0 aliphatic carbocycles. The average Bonchev–Trinajstić information content (AvgIpc) is 3.06. The Hall–Kier alpha value is -2.77. The fourth-order valence-corrected chi connectivity index (χ4v) is 3.34. The lowest BCUT2D eigenvalue weighted by Gasteiger charge is -2.21. The van der Waals surface area contributed by atoms with Gasteiger partial charge in [-0.15, -0.1) is 0 Å². The van der Waals surface area contributed by atoms with Crippen LogP contribution >= 0.6 is 23.2 Å². The van der Waals surface area contributed by atoms with Gasteiger partial charge in [-0.05, 0) is 24.3 Å². The molecule has 152 valence electrons. The van der Waals surface area contributed by atoms with Crippen molar-refractivity contribution in [2.24, 2.45) is 0 Å². The van der Waals surface area contributed by atoms with E-state index in [2.05, 4.69) is 10.3 Å². The van der Waals surface area contributed by atoms with Gasteiger partial charge in [0.1, 0.15) is 12.4 Å². The molecule has 0 atom stereocenters. The molecule has 0 aliphatic heterocycles. The van der Waals surface area contributed by atoms with Crippen molar-refractivity contribution in [1.82, 2.24) is 10.3 Å². The second-order valence-corrected chi connectivity index (χ2v) is 7.13. The second kappa shape index (κ2) is 8.71. The van der Waals surface area contributed by atoms with Gasteiger partial charge < -0.3 is 19.4 Å². The van der Waals surface area contributed by atoms with Crippen LogP contribution in [-0.4, -0.2) is 30.4 Å². The van der Waals surface area contributed by atoms with Crippen molar-refractivity contribution in [2.45, 2.75) is 20.5 Å². The van der Waals surface area contributed by atoms with Gasteiger partial charge >= 0.3 is 0 Å². The SMILES string of the molecule is CC(=O)NCC(=O)N(C)c1ccc(Cl)c(COc2cccc3oc(C)nc23)c1Cl. The van der Waals surface area contributed by atoms with Gasteiger partial charge in [0, 0.05) is 31.5 Å². The largest absolute Gasteiger partial charge is 0.486 e. The van der Waals surface area contributed by atoms with E-state index in [1.165, 1.54) is 11.8 Å². The Labute approximate surface area is 177 Å². The molecule has 0 radical (unpaired) electrons. The number of fused-ring (bicyclic) bond motifs is 1. The number of amides is 2. The number of hydrogen-bond donors (Lipinski definition) is 1. The molecule has 9 heteroatoms. The van der Waals surface area contributed by atoms with E-state index in [0.29, 0.717) is 44.0 Å². The number of aromatic nitrogens is 1. The number of halogens is 2. The Balaban J connectivity index is 1.83. The van der Waals surface area contributed by atoms with E-state index in [1.54, 1.807) is 44.3 Å². The number of likely N-dealkylation sites (N-methyl/N-ethyl adjacent to an activating group) is 1. The number of carbonyl (C=O) groups excluding carboxylic acids is 2. The van der Waals surface area contributed by atoms with E-state index in [1.807, 2.05) is 0 Å². The lowest BCUT2D eigenvalue weighted by atomic mass is 10.2. The minimum atomic E-state index is -0.320. The van der Waals surface area contributed by atoms with Gasteiger partial charge in [-0.1, -0.05) is 29.3 Å². The number of carbonyl (C=O) groups is 2. The summed E-state index contributed by atoms with van der Waals surface area (Å²) in [6.07, 6.45) is 0. The Kier molecular flexibility index (Phi) is 6.30. The quantitative estimate of drug-likeness (QED) is 0.629. The standard InChI is InChI=1S/C20H19Cl2N3O4/c1-11(26)23-9-18(27)25(3)15-8-7-14(21)13(19(15)22)10-28-16-5-4-6-17-20(16)24-12(2)29-17/h4-8H,9-10H2,1-3H3,(H,23,26). The third-order valence-corrected chi connectivity index (χ3v) is 5.03. The lowest BCUT2D eigenvalue weighted by Crippen LogP contribution is -2.37. The van der Waals surface area contributed by atoms with Crippen LogP contribution in [0, 0.1) is 6.92 Å². The van der Waals surface area contributed by atoms with Gasteiger partial charge in [0.15, 0.2) is 17.0 Å². The fraction of sp³-hybridized carbons (Fsp3) is 0.250. The zero-order chi connectivity index (χ0) is 21.1. The second-order valence-electron chi connectivity index (χ2n) is 6.35. The van der Waals surface area contributed by atoms with E-state index < -0.39 is 0 Å². The van der Waals surface area contributed by atoms with Gasteiger partial charge in [-0.25, -0.2) is 4.98 Å². The molecule has 0 bridgehead atoms. The molecule has 0 spiro atoms. The van der Waals surface area contributed by atoms with Crippen LogP contribution in [0.15, 0.2) is 34.7 Å². The van der Waals surface area contributed by atoms with Crippen LogP contribution in [0.25, 0.3) is 11.1 Å². The predicted octanol–water partition coefficient (Wildman–Crippen LogP) is 4.12. The number of hydrogen-bond acceptors (Lipinski definition) is 5. The van der Waals surface area contributed by atoms with Crippen molar-refractivity contribution in [3.63, 3.8) is 0 Å². The van der Waals surface area contributed by atoms with Crippen molar-refractivity contribution in [2.75, 3.05) is 18.5 Å². The maximum Gasteiger partial charge on any atom is 0.246 e. The topological polar surface area (TPSA) is 84.7 Å². The van der Waals surface area contributed by atoms with Gasteiger partial charge in [-0.2, -0.15) is 0 Å². The molecule has 7 nitrogen and oxygen atoms in total. The van der Waals surface area contributed by atoms with Gasteiger partial charge in [0.25, 0.3) is 0 Å². The number of nitrogens with zero attached hydrogens (tertiary/aromatic N) is 2. The first-order chi connectivity index (χ1) is 13.8. The smallest absolute Gasteiger partial charge is 0.246 e. The van der Waals surface area contributed by atoms with Crippen LogP contribution < -0.4 is 15.0 Å². The van der Waals surface area contributed by atoms with Crippen LogP contribution in [0.4, 0.5) is 5.69 Å². The van der Waals surface area contributed by atoms with Crippen molar-refractivity contribution in [3.05, 3.63) is 51.8 Å². The lowest BCUT2D eigenvalue weighted by molar-refractivity contribution is -0.123. The predicted molar refractivity (Wildman–Crippen MR) is 112 cm³/mol. The summed E-state index contributed by atoms with van der Waals surface area (Å²) >= 11 is 12.8. The zero-order valence-corrected chi connectivity index (χ0v) is 17.6. The molecule has 0 saturated heterocycles. The number of anilines is 1. The Morgan fingerprint density at radius 1 is 1.24 bits per heavy atom. The summed E-state index contributed by atoms with van der Waals surface area (Å²) in [5.74, 6) is 0.458. The minimum absolute atomic E-state index is 0.0737. The molecule has 1 heterocycles. The van der Waals surface area contributed by atoms with Gasteiger partial charge in [0.05, 0.1) is 17.3 Å². The van der Waals surface area contributed by atoms with Crippen LogP contribution in [0.2, 0.25) is 10.0 Å². The van der Waals surface area contributed by atoms with E-state index >= 15 is 0 Å². The molecule has 3 aromatic rings. The molecular weight excluding hydrogens is 417 g/mol. The number of benzene rings is 2. The average molecular weight is 436 g/mol. The van der Waals surface area contributed by atoms with Crippen molar-refractivity contribution in [1.29, 1.82) is 0 Å². The number of aryl methyl sites for hydroxylation is 1. The van der Waals surface area contributed by atoms with Crippen molar-refractivity contribution >= 4 is 51.8 Å². The first-order valence-electron chi connectivity index (χ1n) is 8.74. The van der Waals surface area contributed by atoms with Crippen molar-refractivity contribution in [3.8, 4) is 5.75 Å². The van der Waals surface area contributed by atoms with Crippen LogP contribution in [-0.2, 0) is 16.2 Å².